The van der Waals surface area contributed by atoms with Crippen molar-refractivity contribution >= 4 is 64.9 Å². The third kappa shape index (κ3) is 6.34. The Morgan fingerprint density at radius 2 is 0.833 bits per heavy atom. The average molecular weight is 634 g/mol. The van der Waals surface area contributed by atoms with Gasteiger partial charge in [0, 0.05) is 16.8 Å². The molecule has 0 aliphatic rings. The largest absolute Gasteiger partial charge is 0.337 e. The smallest absolute Gasteiger partial charge is 0.0500 e. The molecule has 0 saturated heterocycles. The summed E-state index contributed by atoms with van der Waals surface area (Å²) in [7, 11) is 0. The molecule has 0 unspecified atom stereocenters. The van der Waals surface area contributed by atoms with E-state index in [1.54, 1.807) is 0 Å². The highest BCUT2D eigenvalue weighted by Crippen LogP contribution is 2.43. The second kappa shape index (κ2) is 14.7. The number of hydrogen-bond donors (Lipinski definition) is 0. The third-order valence-corrected chi connectivity index (χ3v) is 11.3. The molecule has 1 aromatic heterocycles. The molecule has 0 bridgehead atoms. The molecule has 248 valence electrons. The van der Waals surface area contributed by atoms with Gasteiger partial charge in [-0.15, -0.1) is 0 Å². The van der Waals surface area contributed by atoms with E-state index >= 15 is 0 Å². The maximum Gasteiger partial charge on any atom is 0.0500 e. The van der Waals surface area contributed by atoms with Gasteiger partial charge in [-0.2, -0.15) is 0 Å². The molecule has 48 heavy (non-hydrogen) atoms. The van der Waals surface area contributed by atoms with Gasteiger partial charge in [-0.1, -0.05) is 152 Å². The molecular formula is C47H55N. The summed E-state index contributed by atoms with van der Waals surface area (Å²) < 4.78 is 2.83. The van der Waals surface area contributed by atoms with Gasteiger partial charge < -0.3 is 4.57 Å². The number of aryl methyl sites for hydroxylation is 2. The van der Waals surface area contributed by atoms with Crippen LogP contribution in [0.3, 0.4) is 0 Å². The summed E-state index contributed by atoms with van der Waals surface area (Å²) >= 11 is 0. The number of aromatic nitrogens is 1. The fourth-order valence-corrected chi connectivity index (χ4v) is 8.71. The molecule has 0 radical (unpaired) electrons. The highest BCUT2D eigenvalue weighted by molar-refractivity contribution is 6.22. The first-order valence-corrected chi connectivity index (χ1v) is 19.3. The molecule has 7 rings (SSSR count). The number of fused-ring (bicyclic) bond motifs is 9. The Hall–Kier alpha value is -3.84. The fraction of sp³-hybridized carbons (Fsp3) is 0.404. The van der Waals surface area contributed by atoms with Gasteiger partial charge in [0.05, 0.1) is 11.0 Å². The van der Waals surface area contributed by atoms with Gasteiger partial charge in [-0.05, 0) is 105 Å². The maximum absolute atomic E-state index is 2.83. The zero-order chi connectivity index (χ0) is 33.0. The van der Waals surface area contributed by atoms with Crippen molar-refractivity contribution < 1.29 is 0 Å². The van der Waals surface area contributed by atoms with Crippen LogP contribution in [-0.4, -0.2) is 4.57 Å². The minimum Gasteiger partial charge on any atom is -0.337 e. The highest BCUT2D eigenvalue weighted by atomic mass is 15.0. The van der Waals surface area contributed by atoms with Crippen molar-refractivity contribution in [1.29, 1.82) is 0 Å². The van der Waals surface area contributed by atoms with Crippen molar-refractivity contribution in [3.05, 3.63) is 96.1 Å². The second-order valence-electron chi connectivity index (χ2n) is 14.8. The molecule has 0 amide bonds. The minimum absolute atomic E-state index is 0.504. The van der Waals surface area contributed by atoms with Crippen LogP contribution in [0.5, 0.6) is 0 Å². The van der Waals surface area contributed by atoms with Crippen LogP contribution in [0.15, 0.2) is 84.9 Å². The summed E-state index contributed by atoms with van der Waals surface area (Å²) in [6.45, 7) is 9.24. The van der Waals surface area contributed by atoms with Crippen molar-refractivity contribution in [1.82, 2.24) is 4.57 Å². The number of benzene rings is 6. The minimum atomic E-state index is 0.504. The summed E-state index contributed by atoms with van der Waals surface area (Å²) in [4.78, 5) is 0. The standard InChI is InChI=1S/C47H55N/c1-5-7-9-11-13-15-23-37(24-16-14-12-10-8-6-2)48-46-31-42-38-25-19-17-21-35(38)27-33(3)40(42)29-44(46)45-30-41-34(4)28-36-22-18-20-26-39(36)43(41)32-47(45)48/h17-22,25-32,37H,5-16,23-24H2,1-4H3. The zero-order valence-electron chi connectivity index (χ0n) is 30.0. The van der Waals surface area contributed by atoms with E-state index in [9.17, 15) is 0 Å². The lowest BCUT2D eigenvalue weighted by Gasteiger charge is -2.23. The van der Waals surface area contributed by atoms with E-state index < -0.39 is 0 Å². The molecule has 6 aromatic carbocycles. The van der Waals surface area contributed by atoms with Crippen molar-refractivity contribution in [2.45, 2.75) is 124 Å². The van der Waals surface area contributed by atoms with Gasteiger partial charge in [0.25, 0.3) is 0 Å². The van der Waals surface area contributed by atoms with E-state index in [0.29, 0.717) is 6.04 Å². The SMILES string of the molecule is CCCCCCCCC(CCCCCCCC)n1c2cc3c(cc2c2cc4c(C)cc5ccccc5c4cc21)c(C)cc1ccccc13. The third-order valence-electron chi connectivity index (χ3n) is 11.3. The van der Waals surface area contributed by atoms with Crippen LogP contribution >= 0.6 is 0 Å². The second-order valence-corrected chi connectivity index (χ2v) is 14.8. The van der Waals surface area contributed by atoms with Crippen LogP contribution in [0.4, 0.5) is 0 Å². The molecule has 0 saturated carbocycles. The van der Waals surface area contributed by atoms with E-state index in [2.05, 4.69) is 117 Å². The average Bonchev–Trinajstić information content (AvgIpc) is 3.41. The Labute approximate surface area is 288 Å². The van der Waals surface area contributed by atoms with Gasteiger partial charge in [0.15, 0.2) is 0 Å². The van der Waals surface area contributed by atoms with Crippen molar-refractivity contribution in [3.63, 3.8) is 0 Å². The quantitative estimate of drug-likeness (QED) is 0.0782. The fourth-order valence-electron chi connectivity index (χ4n) is 8.71. The Morgan fingerprint density at radius 3 is 1.29 bits per heavy atom. The van der Waals surface area contributed by atoms with Crippen LogP contribution in [0, 0.1) is 13.8 Å². The number of rotatable bonds is 15. The van der Waals surface area contributed by atoms with Crippen LogP contribution in [0.2, 0.25) is 0 Å². The zero-order valence-corrected chi connectivity index (χ0v) is 30.0. The van der Waals surface area contributed by atoms with E-state index in [1.165, 1.54) is 166 Å². The monoisotopic (exact) mass is 633 g/mol. The normalized spacial score (nSPS) is 12.3. The molecule has 1 heterocycles. The van der Waals surface area contributed by atoms with E-state index in [0.717, 1.165) is 0 Å². The molecular weight excluding hydrogens is 579 g/mol. The van der Waals surface area contributed by atoms with Gasteiger partial charge in [-0.25, -0.2) is 0 Å². The predicted octanol–water partition coefficient (Wildman–Crippen LogP) is 15.1. The van der Waals surface area contributed by atoms with Crippen LogP contribution in [-0.2, 0) is 0 Å². The first-order chi connectivity index (χ1) is 23.6. The number of hydrogen-bond acceptors (Lipinski definition) is 0. The van der Waals surface area contributed by atoms with Gasteiger partial charge in [-0.3, -0.25) is 0 Å². The van der Waals surface area contributed by atoms with Crippen molar-refractivity contribution in [2.75, 3.05) is 0 Å². The molecule has 1 nitrogen and oxygen atoms in total. The van der Waals surface area contributed by atoms with Crippen molar-refractivity contribution in [2.24, 2.45) is 0 Å². The van der Waals surface area contributed by atoms with Gasteiger partial charge in [0.2, 0.25) is 0 Å². The van der Waals surface area contributed by atoms with Crippen LogP contribution in [0.1, 0.15) is 121 Å². The lowest BCUT2D eigenvalue weighted by Crippen LogP contribution is -2.09. The number of unbranched alkanes of at least 4 members (excludes halogenated alkanes) is 10. The van der Waals surface area contributed by atoms with Gasteiger partial charge >= 0.3 is 0 Å². The van der Waals surface area contributed by atoms with E-state index in [1.807, 2.05) is 0 Å². The Morgan fingerprint density at radius 1 is 0.417 bits per heavy atom. The molecule has 7 aromatic rings. The molecule has 0 fully saturated rings. The molecule has 0 aliphatic carbocycles. The first-order valence-electron chi connectivity index (χ1n) is 19.3. The topological polar surface area (TPSA) is 4.93 Å². The summed E-state index contributed by atoms with van der Waals surface area (Å²) in [5.41, 5.74) is 5.58. The van der Waals surface area contributed by atoms with E-state index in [-0.39, 0.29) is 0 Å². The maximum atomic E-state index is 2.83. The lowest BCUT2D eigenvalue weighted by molar-refractivity contribution is 0.410. The molecule has 0 aliphatic heterocycles. The summed E-state index contributed by atoms with van der Waals surface area (Å²) in [5, 5.41) is 13.8. The summed E-state index contributed by atoms with van der Waals surface area (Å²) in [5.74, 6) is 0. The molecule has 0 N–H and O–H groups in total. The number of nitrogens with zero attached hydrogens (tertiary/aromatic N) is 1. The van der Waals surface area contributed by atoms with Crippen LogP contribution < -0.4 is 0 Å². The summed E-state index contributed by atoms with van der Waals surface area (Å²) in [6, 6.07) is 33.5. The predicted molar refractivity (Wildman–Crippen MR) is 214 cm³/mol. The Kier molecular flexibility index (Phi) is 10.0. The van der Waals surface area contributed by atoms with Crippen LogP contribution in [0.25, 0.3) is 64.9 Å². The Balaban J connectivity index is 1.45. The highest BCUT2D eigenvalue weighted by Gasteiger charge is 2.21. The summed E-state index contributed by atoms with van der Waals surface area (Å²) in [6.07, 6.45) is 18.7. The lowest BCUT2D eigenvalue weighted by atomic mass is 9.94. The molecule has 1 heteroatoms. The molecule has 0 spiro atoms. The van der Waals surface area contributed by atoms with E-state index in [4.69, 9.17) is 0 Å². The Bertz CT molecular complexity index is 2040. The van der Waals surface area contributed by atoms with Crippen molar-refractivity contribution in [3.8, 4) is 0 Å². The first kappa shape index (κ1) is 32.7. The van der Waals surface area contributed by atoms with Gasteiger partial charge in [0.1, 0.15) is 0 Å². The molecule has 0 atom stereocenters.